The Labute approximate surface area is 103 Å². The zero-order chi connectivity index (χ0) is 11.8. The van der Waals surface area contributed by atoms with Crippen LogP contribution in [-0.2, 0) is 0 Å². The Bertz CT molecular complexity index is 313. The van der Waals surface area contributed by atoms with Gasteiger partial charge in [0.15, 0.2) is 0 Å². The van der Waals surface area contributed by atoms with E-state index in [1.807, 2.05) is 22.9 Å². The molecule has 2 bridgehead atoms. The van der Waals surface area contributed by atoms with E-state index in [-0.39, 0.29) is 5.54 Å². The molecule has 1 heterocycles. The second kappa shape index (κ2) is 4.15. The van der Waals surface area contributed by atoms with Crippen molar-refractivity contribution in [1.82, 2.24) is 0 Å². The van der Waals surface area contributed by atoms with Crippen molar-refractivity contribution < 1.29 is 0 Å². The lowest BCUT2D eigenvalue weighted by Crippen LogP contribution is -2.72. The van der Waals surface area contributed by atoms with E-state index in [2.05, 4.69) is 20.8 Å². The molecule has 2 heteroatoms. The van der Waals surface area contributed by atoms with Crippen LogP contribution in [0.5, 0.6) is 0 Å². The van der Waals surface area contributed by atoms with E-state index in [9.17, 15) is 0 Å². The fourth-order valence-electron chi connectivity index (χ4n) is 3.41. The van der Waals surface area contributed by atoms with Gasteiger partial charge in [-0.3, -0.25) is 0 Å². The standard InChI is InChI=1S/C10H19N.C4H4S/c1-7-4-5-8-6-10(7,11)9(8,2)3;1-2-4-5-3-1/h7-8H,4-6,11H2,1-3H3;1-4H. The summed E-state index contributed by atoms with van der Waals surface area (Å²) in [7, 11) is 0. The first-order chi connectivity index (χ1) is 7.48. The van der Waals surface area contributed by atoms with E-state index < -0.39 is 0 Å². The first-order valence-electron chi connectivity index (χ1n) is 6.24. The van der Waals surface area contributed by atoms with Gasteiger partial charge >= 0.3 is 0 Å². The molecule has 1 nitrogen and oxygen atoms in total. The summed E-state index contributed by atoms with van der Waals surface area (Å²) in [5.74, 6) is 1.66. The number of hydrogen-bond donors (Lipinski definition) is 1. The molecule has 0 aliphatic heterocycles. The van der Waals surface area contributed by atoms with E-state index >= 15 is 0 Å². The van der Waals surface area contributed by atoms with Crippen LogP contribution in [0.25, 0.3) is 0 Å². The molecule has 3 saturated carbocycles. The number of fused-ring (bicyclic) bond motifs is 2. The van der Waals surface area contributed by atoms with Crippen LogP contribution in [0.1, 0.15) is 40.0 Å². The lowest BCUT2D eigenvalue weighted by molar-refractivity contribution is -0.123. The summed E-state index contributed by atoms with van der Waals surface area (Å²) >= 11 is 1.71. The molecular formula is C14H23NS. The lowest BCUT2D eigenvalue weighted by atomic mass is 9.41. The molecule has 1 aromatic rings. The molecule has 3 aliphatic rings. The van der Waals surface area contributed by atoms with Crippen LogP contribution in [0.2, 0.25) is 0 Å². The Kier molecular flexibility index (Phi) is 3.15. The van der Waals surface area contributed by atoms with E-state index in [1.165, 1.54) is 19.3 Å². The predicted molar refractivity (Wildman–Crippen MR) is 71.5 cm³/mol. The number of nitrogens with two attached hydrogens (primary N) is 1. The predicted octanol–water partition coefficient (Wildman–Crippen LogP) is 3.91. The van der Waals surface area contributed by atoms with Crippen molar-refractivity contribution in [1.29, 1.82) is 0 Å². The van der Waals surface area contributed by atoms with Gasteiger partial charge in [-0.15, -0.1) is 0 Å². The molecule has 0 amide bonds. The summed E-state index contributed by atoms with van der Waals surface area (Å²) in [6, 6.07) is 4.04. The van der Waals surface area contributed by atoms with Crippen molar-refractivity contribution in [2.75, 3.05) is 0 Å². The fraction of sp³-hybridized carbons (Fsp3) is 0.714. The second-order valence-electron chi connectivity index (χ2n) is 5.93. The topological polar surface area (TPSA) is 26.0 Å². The Morgan fingerprint density at radius 3 is 2.12 bits per heavy atom. The van der Waals surface area contributed by atoms with Crippen LogP contribution in [0.15, 0.2) is 22.9 Å². The maximum atomic E-state index is 6.37. The van der Waals surface area contributed by atoms with Gasteiger partial charge in [-0.25, -0.2) is 0 Å². The highest BCUT2D eigenvalue weighted by Gasteiger charge is 2.62. The summed E-state index contributed by atoms with van der Waals surface area (Å²) in [6.07, 6.45) is 4.04. The summed E-state index contributed by atoms with van der Waals surface area (Å²) < 4.78 is 0. The molecule has 0 saturated heterocycles. The SMILES string of the molecule is CC1CCC2CC1(N)C2(C)C.c1ccsc1. The van der Waals surface area contributed by atoms with Crippen LogP contribution >= 0.6 is 11.3 Å². The molecular weight excluding hydrogens is 214 g/mol. The van der Waals surface area contributed by atoms with Crippen LogP contribution in [-0.4, -0.2) is 5.54 Å². The number of hydrogen-bond acceptors (Lipinski definition) is 2. The summed E-state index contributed by atoms with van der Waals surface area (Å²) in [4.78, 5) is 0. The van der Waals surface area contributed by atoms with Crippen molar-refractivity contribution in [3.63, 3.8) is 0 Å². The summed E-state index contributed by atoms with van der Waals surface area (Å²) in [5.41, 5.74) is 6.96. The van der Waals surface area contributed by atoms with Crippen LogP contribution in [0, 0.1) is 17.3 Å². The third-order valence-corrected chi connectivity index (χ3v) is 5.69. The van der Waals surface area contributed by atoms with Gasteiger partial charge in [0.05, 0.1) is 0 Å². The second-order valence-corrected chi connectivity index (χ2v) is 6.75. The molecule has 16 heavy (non-hydrogen) atoms. The van der Waals surface area contributed by atoms with E-state index in [4.69, 9.17) is 5.73 Å². The van der Waals surface area contributed by atoms with Crippen molar-refractivity contribution >= 4 is 11.3 Å². The first-order valence-corrected chi connectivity index (χ1v) is 7.19. The molecule has 0 radical (unpaired) electrons. The Morgan fingerprint density at radius 1 is 1.19 bits per heavy atom. The molecule has 3 fully saturated rings. The largest absolute Gasteiger partial charge is 0.324 e. The first kappa shape index (κ1) is 12.1. The third kappa shape index (κ3) is 1.72. The highest BCUT2D eigenvalue weighted by atomic mass is 32.1. The quantitative estimate of drug-likeness (QED) is 0.727. The highest BCUT2D eigenvalue weighted by molar-refractivity contribution is 7.07. The summed E-state index contributed by atoms with van der Waals surface area (Å²) in [5, 5.41) is 4.08. The van der Waals surface area contributed by atoms with Crippen LogP contribution in [0.4, 0.5) is 0 Å². The summed E-state index contributed by atoms with van der Waals surface area (Å²) in [6.45, 7) is 7.00. The van der Waals surface area contributed by atoms with Crippen molar-refractivity contribution in [3.8, 4) is 0 Å². The van der Waals surface area contributed by atoms with Gasteiger partial charge in [0.2, 0.25) is 0 Å². The molecule has 4 rings (SSSR count). The van der Waals surface area contributed by atoms with Gasteiger partial charge in [-0.2, -0.15) is 11.3 Å². The minimum atomic E-state index is 0.177. The van der Waals surface area contributed by atoms with Crippen molar-refractivity contribution in [2.45, 2.75) is 45.6 Å². The minimum absolute atomic E-state index is 0.177. The molecule has 2 N–H and O–H groups in total. The minimum Gasteiger partial charge on any atom is -0.324 e. The molecule has 0 aromatic carbocycles. The smallest absolute Gasteiger partial charge is 0.0237 e. The zero-order valence-electron chi connectivity index (χ0n) is 10.6. The Morgan fingerprint density at radius 2 is 1.81 bits per heavy atom. The van der Waals surface area contributed by atoms with Gasteiger partial charge in [-0.1, -0.05) is 32.9 Å². The zero-order valence-corrected chi connectivity index (χ0v) is 11.4. The average Bonchev–Trinajstić information content (AvgIpc) is 2.80. The maximum Gasteiger partial charge on any atom is 0.0237 e. The molecule has 0 spiro atoms. The van der Waals surface area contributed by atoms with Crippen LogP contribution in [0.3, 0.4) is 0 Å². The molecule has 3 atom stereocenters. The Hall–Kier alpha value is -0.340. The van der Waals surface area contributed by atoms with E-state index in [0.29, 0.717) is 5.41 Å². The van der Waals surface area contributed by atoms with Gasteiger partial charge in [0, 0.05) is 5.54 Å². The Balaban J connectivity index is 0.000000162. The monoisotopic (exact) mass is 237 g/mol. The number of thiophene rings is 1. The van der Waals surface area contributed by atoms with E-state index in [1.54, 1.807) is 11.3 Å². The third-order valence-electron chi connectivity index (χ3n) is 5.06. The van der Waals surface area contributed by atoms with Crippen molar-refractivity contribution in [2.24, 2.45) is 23.0 Å². The normalized spacial score (nSPS) is 39.2. The number of rotatable bonds is 0. The van der Waals surface area contributed by atoms with Gasteiger partial charge in [0.25, 0.3) is 0 Å². The molecule has 3 aliphatic carbocycles. The molecule has 1 aromatic heterocycles. The van der Waals surface area contributed by atoms with E-state index in [0.717, 1.165) is 11.8 Å². The maximum absolute atomic E-state index is 6.37. The van der Waals surface area contributed by atoms with Gasteiger partial charge < -0.3 is 5.73 Å². The molecule has 90 valence electrons. The average molecular weight is 237 g/mol. The van der Waals surface area contributed by atoms with Crippen molar-refractivity contribution in [3.05, 3.63) is 22.9 Å². The highest BCUT2D eigenvalue weighted by Crippen LogP contribution is 2.62. The fourth-order valence-corrected chi connectivity index (χ4v) is 3.86. The van der Waals surface area contributed by atoms with Gasteiger partial charge in [-0.05, 0) is 47.3 Å². The molecule has 3 unspecified atom stereocenters. The van der Waals surface area contributed by atoms with Gasteiger partial charge in [0.1, 0.15) is 0 Å². The lowest BCUT2D eigenvalue weighted by Gasteiger charge is -2.66. The van der Waals surface area contributed by atoms with Crippen LogP contribution < -0.4 is 5.73 Å².